The fourth-order valence-electron chi connectivity index (χ4n) is 1.02. The van der Waals surface area contributed by atoms with E-state index >= 15 is 0 Å². The fourth-order valence-corrected chi connectivity index (χ4v) is 1.22. The second-order valence-electron chi connectivity index (χ2n) is 2.32. The molecule has 1 heterocycles. The minimum absolute atomic E-state index is 0.873. The zero-order chi connectivity index (χ0) is 7.56. The molecule has 2 nitrogen and oxygen atoms in total. The van der Waals surface area contributed by atoms with Crippen LogP contribution in [-0.2, 0) is 6.54 Å². The molecule has 0 bridgehead atoms. The van der Waals surface area contributed by atoms with E-state index in [0.717, 1.165) is 18.1 Å². The maximum atomic E-state index is 4.16. The number of nitrogens with zero attached hydrogens (tertiary/aromatic N) is 2. The molecule has 3 heteroatoms. The molecule has 0 radical (unpaired) electrons. The zero-order valence-electron chi connectivity index (χ0n) is 6.33. The highest BCUT2D eigenvalue weighted by molar-refractivity contribution is 7.80. The lowest BCUT2D eigenvalue weighted by atomic mass is 10.5. The molecule has 0 aliphatic heterocycles. The van der Waals surface area contributed by atoms with E-state index in [2.05, 4.69) is 29.1 Å². The molecule has 0 saturated carbocycles. The van der Waals surface area contributed by atoms with E-state index in [1.807, 2.05) is 13.1 Å². The smallest absolute Gasteiger partial charge is 0.105 e. The average molecular weight is 156 g/mol. The summed E-state index contributed by atoms with van der Waals surface area (Å²) in [7, 11) is 0. The monoisotopic (exact) mass is 156 g/mol. The summed E-state index contributed by atoms with van der Waals surface area (Å²) < 4.78 is 2.16. The number of thiol groups is 1. The predicted octanol–water partition coefficient (Wildman–Crippen LogP) is 1.43. The van der Waals surface area contributed by atoms with E-state index in [9.17, 15) is 0 Å². The number of rotatable bonds is 2. The van der Waals surface area contributed by atoms with Gasteiger partial charge >= 0.3 is 0 Å². The van der Waals surface area contributed by atoms with Gasteiger partial charge in [-0.15, -0.1) is 0 Å². The second kappa shape index (κ2) is 3.10. The van der Waals surface area contributed by atoms with E-state index in [1.165, 1.54) is 5.69 Å². The first-order chi connectivity index (χ1) is 4.75. The maximum Gasteiger partial charge on any atom is 0.105 e. The fraction of sp³-hybridized carbons (Fsp3) is 0.571. The van der Waals surface area contributed by atoms with Gasteiger partial charge in [-0.25, -0.2) is 4.98 Å². The van der Waals surface area contributed by atoms with Crippen molar-refractivity contribution in [2.75, 3.05) is 5.75 Å². The minimum atomic E-state index is 0.873. The van der Waals surface area contributed by atoms with Gasteiger partial charge in [0.05, 0.1) is 0 Å². The Bertz CT molecular complexity index is 198. The van der Waals surface area contributed by atoms with Crippen molar-refractivity contribution < 1.29 is 0 Å². The summed E-state index contributed by atoms with van der Waals surface area (Å²) in [5.41, 5.74) is 1.21. The Morgan fingerprint density at radius 1 is 1.60 bits per heavy atom. The van der Waals surface area contributed by atoms with Crippen LogP contribution in [0.1, 0.15) is 11.5 Å². The normalized spacial score (nSPS) is 10.3. The van der Waals surface area contributed by atoms with Gasteiger partial charge in [-0.3, -0.25) is 0 Å². The highest BCUT2D eigenvalue weighted by Gasteiger charge is 1.98. The molecule has 1 aromatic heterocycles. The standard InChI is InChI=1S/C7H12N2S/c1-6-5-8-7(2)9(6)3-4-10/h5,10H,3-4H2,1-2H3. The van der Waals surface area contributed by atoms with Crippen LogP contribution in [-0.4, -0.2) is 15.3 Å². The van der Waals surface area contributed by atoms with Gasteiger partial charge in [0.25, 0.3) is 0 Å². The number of hydrogen-bond donors (Lipinski definition) is 1. The van der Waals surface area contributed by atoms with Crippen LogP contribution in [0.2, 0.25) is 0 Å². The highest BCUT2D eigenvalue weighted by atomic mass is 32.1. The van der Waals surface area contributed by atoms with Crippen molar-refractivity contribution in [3.63, 3.8) is 0 Å². The maximum absolute atomic E-state index is 4.16. The molecule has 10 heavy (non-hydrogen) atoms. The first kappa shape index (κ1) is 7.66. The van der Waals surface area contributed by atoms with Crippen molar-refractivity contribution in [1.82, 2.24) is 9.55 Å². The van der Waals surface area contributed by atoms with Crippen LogP contribution >= 0.6 is 12.6 Å². The highest BCUT2D eigenvalue weighted by Crippen LogP contribution is 2.02. The van der Waals surface area contributed by atoms with Crippen LogP contribution in [0.4, 0.5) is 0 Å². The van der Waals surface area contributed by atoms with E-state index in [-0.39, 0.29) is 0 Å². The van der Waals surface area contributed by atoms with Crippen molar-refractivity contribution in [2.45, 2.75) is 20.4 Å². The second-order valence-corrected chi connectivity index (χ2v) is 2.77. The van der Waals surface area contributed by atoms with Crippen LogP contribution in [0.25, 0.3) is 0 Å². The molecule has 0 atom stereocenters. The van der Waals surface area contributed by atoms with E-state index < -0.39 is 0 Å². The molecule has 0 fully saturated rings. The lowest BCUT2D eigenvalue weighted by Gasteiger charge is -2.03. The van der Waals surface area contributed by atoms with Gasteiger partial charge in [0.2, 0.25) is 0 Å². The summed E-state index contributed by atoms with van der Waals surface area (Å²) in [6.07, 6.45) is 1.89. The van der Waals surface area contributed by atoms with Gasteiger partial charge in [-0.2, -0.15) is 12.6 Å². The summed E-state index contributed by atoms with van der Waals surface area (Å²) in [4.78, 5) is 4.16. The topological polar surface area (TPSA) is 17.8 Å². The van der Waals surface area contributed by atoms with E-state index in [0.29, 0.717) is 0 Å². The lowest BCUT2D eigenvalue weighted by molar-refractivity contribution is 0.717. The Labute approximate surface area is 66.7 Å². The number of aryl methyl sites for hydroxylation is 2. The van der Waals surface area contributed by atoms with Crippen LogP contribution in [0.5, 0.6) is 0 Å². The third kappa shape index (κ3) is 1.34. The van der Waals surface area contributed by atoms with Gasteiger partial charge in [0.15, 0.2) is 0 Å². The van der Waals surface area contributed by atoms with Gasteiger partial charge < -0.3 is 4.57 Å². The Morgan fingerprint density at radius 2 is 2.30 bits per heavy atom. The SMILES string of the molecule is Cc1cnc(C)n1CCS. The number of hydrogen-bond acceptors (Lipinski definition) is 2. The Kier molecular flexibility index (Phi) is 2.38. The molecule has 1 rings (SSSR count). The summed E-state index contributed by atoms with van der Waals surface area (Å²) in [6.45, 7) is 5.03. The molecular weight excluding hydrogens is 144 g/mol. The summed E-state index contributed by atoms with van der Waals surface area (Å²) in [5, 5.41) is 0. The molecule has 0 aliphatic carbocycles. The molecule has 1 aromatic rings. The van der Waals surface area contributed by atoms with E-state index in [4.69, 9.17) is 0 Å². The number of imidazole rings is 1. The largest absolute Gasteiger partial charge is 0.332 e. The quantitative estimate of drug-likeness (QED) is 0.641. The third-order valence-corrected chi connectivity index (χ3v) is 1.78. The molecular formula is C7H12N2S. The molecule has 0 saturated heterocycles. The molecule has 0 amide bonds. The Hall–Kier alpha value is -0.440. The average Bonchev–Trinajstić information content (AvgIpc) is 2.20. The summed E-state index contributed by atoms with van der Waals surface area (Å²) in [6, 6.07) is 0. The Balaban J connectivity index is 2.87. The van der Waals surface area contributed by atoms with E-state index in [1.54, 1.807) is 0 Å². The van der Waals surface area contributed by atoms with Crippen molar-refractivity contribution in [1.29, 1.82) is 0 Å². The van der Waals surface area contributed by atoms with Crippen LogP contribution in [0.3, 0.4) is 0 Å². The van der Waals surface area contributed by atoms with Crippen molar-refractivity contribution in [3.8, 4) is 0 Å². The predicted molar refractivity (Wildman–Crippen MR) is 45.6 cm³/mol. The van der Waals surface area contributed by atoms with Crippen molar-refractivity contribution in [3.05, 3.63) is 17.7 Å². The third-order valence-electron chi connectivity index (χ3n) is 1.58. The molecule has 56 valence electrons. The molecule has 0 N–H and O–H groups in total. The van der Waals surface area contributed by atoms with Gasteiger partial charge in [-0.05, 0) is 13.8 Å². The molecule has 0 aliphatic rings. The Morgan fingerprint density at radius 3 is 2.70 bits per heavy atom. The summed E-state index contributed by atoms with van der Waals surface area (Å²) in [5.74, 6) is 1.95. The first-order valence-electron chi connectivity index (χ1n) is 3.35. The van der Waals surface area contributed by atoms with Crippen LogP contribution in [0.15, 0.2) is 6.20 Å². The van der Waals surface area contributed by atoms with Crippen LogP contribution < -0.4 is 0 Å². The molecule has 0 spiro atoms. The molecule has 0 unspecified atom stereocenters. The first-order valence-corrected chi connectivity index (χ1v) is 3.98. The van der Waals surface area contributed by atoms with Gasteiger partial charge in [0.1, 0.15) is 5.82 Å². The lowest BCUT2D eigenvalue weighted by Crippen LogP contribution is -2.03. The minimum Gasteiger partial charge on any atom is -0.332 e. The molecule has 0 aromatic carbocycles. The zero-order valence-corrected chi connectivity index (χ0v) is 7.23. The van der Waals surface area contributed by atoms with Crippen LogP contribution in [0, 0.1) is 13.8 Å². The summed E-state index contributed by atoms with van der Waals surface area (Å²) >= 11 is 4.15. The number of aromatic nitrogens is 2. The van der Waals surface area contributed by atoms with Crippen molar-refractivity contribution in [2.24, 2.45) is 0 Å². The van der Waals surface area contributed by atoms with Gasteiger partial charge in [-0.1, -0.05) is 0 Å². The van der Waals surface area contributed by atoms with Crippen molar-refractivity contribution >= 4 is 12.6 Å². The van der Waals surface area contributed by atoms with Gasteiger partial charge in [0, 0.05) is 24.2 Å².